The molecule has 14 heavy (non-hydrogen) atoms. The highest BCUT2D eigenvalue weighted by molar-refractivity contribution is 5.62. The van der Waals surface area contributed by atoms with Crippen LogP contribution >= 0.6 is 0 Å². The zero-order chi connectivity index (χ0) is 10.6. The average Bonchev–Trinajstić information content (AvgIpc) is 2.27. The van der Waals surface area contributed by atoms with E-state index in [4.69, 9.17) is 9.47 Å². The minimum atomic E-state index is -0.140. The van der Waals surface area contributed by atoms with Gasteiger partial charge < -0.3 is 14.3 Å². The Balaban J connectivity index is 3.09. The number of carbonyl (C=O) groups is 1. The third-order valence-corrected chi connectivity index (χ3v) is 2.10. The molecule has 1 aromatic carbocycles. The topological polar surface area (TPSA) is 35.5 Å². The lowest BCUT2D eigenvalue weighted by molar-refractivity contribution is -0.108. The number of rotatable bonds is 4. The van der Waals surface area contributed by atoms with Gasteiger partial charge in [-0.05, 0) is 17.7 Å². The minimum Gasteiger partial charge on any atom is -0.497 e. The number of ether oxygens (including phenoxy) is 2. The Morgan fingerprint density at radius 3 is 2.00 bits per heavy atom. The summed E-state index contributed by atoms with van der Waals surface area (Å²) < 4.78 is 10.2. The lowest BCUT2D eigenvalue weighted by Crippen LogP contribution is -1.96. The van der Waals surface area contributed by atoms with Crippen LogP contribution in [0.5, 0.6) is 11.5 Å². The first-order chi connectivity index (χ1) is 6.71. The van der Waals surface area contributed by atoms with Crippen molar-refractivity contribution in [3.63, 3.8) is 0 Å². The van der Waals surface area contributed by atoms with Crippen molar-refractivity contribution in [2.45, 2.75) is 12.8 Å². The van der Waals surface area contributed by atoms with E-state index < -0.39 is 0 Å². The minimum absolute atomic E-state index is 0.140. The van der Waals surface area contributed by atoms with Gasteiger partial charge in [0.1, 0.15) is 17.8 Å². The van der Waals surface area contributed by atoms with E-state index in [2.05, 4.69) is 0 Å². The van der Waals surface area contributed by atoms with Gasteiger partial charge in [0, 0.05) is 12.0 Å². The van der Waals surface area contributed by atoms with Crippen molar-refractivity contribution in [1.29, 1.82) is 0 Å². The monoisotopic (exact) mass is 194 g/mol. The summed E-state index contributed by atoms with van der Waals surface area (Å²) in [6.07, 6.45) is 0.897. The normalized spacial score (nSPS) is 11.9. The summed E-state index contributed by atoms with van der Waals surface area (Å²) in [5, 5.41) is 0. The predicted molar refractivity (Wildman–Crippen MR) is 54.0 cm³/mol. The molecule has 3 heteroatoms. The summed E-state index contributed by atoms with van der Waals surface area (Å²) in [6, 6.07) is 5.45. The van der Waals surface area contributed by atoms with E-state index in [9.17, 15) is 4.79 Å². The molecule has 0 saturated heterocycles. The van der Waals surface area contributed by atoms with Gasteiger partial charge in [-0.3, -0.25) is 0 Å². The summed E-state index contributed by atoms with van der Waals surface area (Å²) in [6.45, 7) is 1.83. The van der Waals surface area contributed by atoms with Crippen molar-refractivity contribution in [2.75, 3.05) is 14.2 Å². The van der Waals surface area contributed by atoms with Crippen molar-refractivity contribution in [2.24, 2.45) is 0 Å². The van der Waals surface area contributed by atoms with Crippen LogP contribution in [-0.2, 0) is 4.79 Å². The highest BCUT2D eigenvalue weighted by atomic mass is 16.5. The van der Waals surface area contributed by atoms with Crippen molar-refractivity contribution in [3.8, 4) is 11.5 Å². The second-order valence-electron chi connectivity index (χ2n) is 3.07. The molecule has 1 aromatic rings. The molecule has 1 rings (SSSR count). The van der Waals surface area contributed by atoms with Crippen LogP contribution in [0.2, 0.25) is 0 Å². The lowest BCUT2D eigenvalue weighted by atomic mass is 10.0. The molecule has 1 unspecified atom stereocenters. The molecule has 0 radical (unpaired) electrons. The van der Waals surface area contributed by atoms with Gasteiger partial charge in [-0.25, -0.2) is 0 Å². The van der Waals surface area contributed by atoms with Crippen molar-refractivity contribution < 1.29 is 14.3 Å². The van der Waals surface area contributed by atoms with Crippen LogP contribution in [0.4, 0.5) is 0 Å². The molecule has 0 aliphatic heterocycles. The van der Waals surface area contributed by atoms with Crippen molar-refractivity contribution in [1.82, 2.24) is 0 Å². The predicted octanol–water partition coefficient (Wildman–Crippen LogP) is 2.01. The Labute approximate surface area is 83.6 Å². The highest BCUT2D eigenvalue weighted by Crippen LogP contribution is 2.26. The number of hydrogen-bond donors (Lipinski definition) is 0. The second kappa shape index (κ2) is 4.65. The summed E-state index contributed by atoms with van der Waals surface area (Å²) in [4.78, 5) is 10.6. The van der Waals surface area contributed by atoms with Crippen LogP contribution < -0.4 is 9.47 Å². The Kier molecular flexibility index (Phi) is 3.51. The molecule has 0 bridgehead atoms. The van der Waals surface area contributed by atoms with E-state index in [1.165, 1.54) is 0 Å². The second-order valence-corrected chi connectivity index (χ2v) is 3.07. The molecule has 0 saturated carbocycles. The Morgan fingerprint density at radius 1 is 1.14 bits per heavy atom. The first kappa shape index (κ1) is 10.6. The fourth-order valence-corrected chi connectivity index (χ4v) is 1.17. The van der Waals surface area contributed by atoms with Crippen molar-refractivity contribution >= 4 is 6.29 Å². The molecule has 3 nitrogen and oxygen atoms in total. The molecular weight excluding hydrogens is 180 g/mol. The zero-order valence-corrected chi connectivity index (χ0v) is 8.61. The lowest BCUT2D eigenvalue weighted by Gasteiger charge is -2.09. The van der Waals surface area contributed by atoms with Crippen LogP contribution in [0.1, 0.15) is 18.4 Å². The Morgan fingerprint density at radius 2 is 1.64 bits per heavy atom. The maximum Gasteiger partial charge on any atom is 0.127 e. The van der Waals surface area contributed by atoms with Crippen LogP contribution in [0.3, 0.4) is 0 Å². The molecule has 0 aliphatic carbocycles. The SMILES string of the molecule is COc1cc(OC)cc(C(C)C=O)c1. The van der Waals surface area contributed by atoms with Gasteiger partial charge in [0.15, 0.2) is 0 Å². The van der Waals surface area contributed by atoms with Crippen LogP contribution in [-0.4, -0.2) is 20.5 Å². The molecule has 0 amide bonds. The van der Waals surface area contributed by atoms with E-state index in [1.807, 2.05) is 19.1 Å². The maximum absolute atomic E-state index is 10.6. The first-order valence-corrected chi connectivity index (χ1v) is 4.39. The summed E-state index contributed by atoms with van der Waals surface area (Å²) in [5.74, 6) is 1.26. The molecule has 1 atom stereocenters. The van der Waals surface area contributed by atoms with E-state index >= 15 is 0 Å². The van der Waals surface area contributed by atoms with Gasteiger partial charge >= 0.3 is 0 Å². The fourth-order valence-electron chi connectivity index (χ4n) is 1.17. The maximum atomic E-state index is 10.6. The molecule has 0 spiro atoms. The van der Waals surface area contributed by atoms with Crippen LogP contribution in [0, 0.1) is 0 Å². The van der Waals surface area contributed by atoms with Crippen LogP contribution in [0.25, 0.3) is 0 Å². The van der Waals surface area contributed by atoms with Crippen LogP contribution in [0.15, 0.2) is 18.2 Å². The van der Waals surface area contributed by atoms with E-state index in [-0.39, 0.29) is 5.92 Å². The number of methoxy groups -OCH3 is 2. The third-order valence-electron chi connectivity index (χ3n) is 2.10. The quantitative estimate of drug-likeness (QED) is 0.688. The molecule has 0 fully saturated rings. The molecule has 76 valence electrons. The average molecular weight is 194 g/mol. The third kappa shape index (κ3) is 2.25. The van der Waals surface area contributed by atoms with Crippen molar-refractivity contribution in [3.05, 3.63) is 23.8 Å². The molecule has 0 aromatic heterocycles. The van der Waals surface area contributed by atoms with Gasteiger partial charge in [-0.2, -0.15) is 0 Å². The number of carbonyl (C=O) groups excluding carboxylic acids is 1. The number of aldehydes is 1. The smallest absolute Gasteiger partial charge is 0.127 e. The molecular formula is C11H14O3. The first-order valence-electron chi connectivity index (χ1n) is 4.39. The molecule has 0 heterocycles. The fraction of sp³-hybridized carbons (Fsp3) is 0.364. The van der Waals surface area contributed by atoms with Gasteiger partial charge in [0.2, 0.25) is 0 Å². The number of hydrogen-bond acceptors (Lipinski definition) is 3. The van der Waals surface area contributed by atoms with E-state index in [0.29, 0.717) is 11.5 Å². The van der Waals surface area contributed by atoms with Gasteiger partial charge in [-0.1, -0.05) is 6.92 Å². The summed E-state index contributed by atoms with van der Waals surface area (Å²) in [7, 11) is 3.17. The largest absolute Gasteiger partial charge is 0.497 e. The number of benzene rings is 1. The summed E-state index contributed by atoms with van der Waals surface area (Å²) in [5.41, 5.74) is 0.899. The van der Waals surface area contributed by atoms with Gasteiger partial charge in [0.25, 0.3) is 0 Å². The zero-order valence-electron chi connectivity index (χ0n) is 8.61. The van der Waals surface area contributed by atoms with Gasteiger partial charge in [0.05, 0.1) is 14.2 Å². The molecule has 0 aliphatic rings. The molecule has 0 N–H and O–H groups in total. The van der Waals surface area contributed by atoms with Gasteiger partial charge in [-0.15, -0.1) is 0 Å². The Bertz CT molecular complexity index is 298. The Hall–Kier alpha value is -1.51. The standard InChI is InChI=1S/C11H14O3/c1-8(7-12)9-4-10(13-2)6-11(5-9)14-3/h4-8H,1-3H3. The van der Waals surface area contributed by atoms with E-state index in [1.54, 1.807) is 20.3 Å². The van der Waals surface area contributed by atoms with E-state index in [0.717, 1.165) is 11.8 Å². The summed E-state index contributed by atoms with van der Waals surface area (Å²) >= 11 is 0. The highest BCUT2D eigenvalue weighted by Gasteiger charge is 2.07.